The minimum absolute atomic E-state index is 0.132. The van der Waals surface area contributed by atoms with Gasteiger partial charge in [0.1, 0.15) is 24.4 Å². The highest BCUT2D eigenvalue weighted by Crippen LogP contribution is 2.34. The average molecular weight is 731 g/mol. The van der Waals surface area contributed by atoms with Gasteiger partial charge in [-0.2, -0.15) is 26.3 Å². The second kappa shape index (κ2) is 17.6. The van der Waals surface area contributed by atoms with Gasteiger partial charge in [0.05, 0.1) is 38.5 Å². The SMILES string of the molecule is O=C(N[C@@H]1[C@H](NC(=O)C(F)(F)F)[C@H](OCc2ccccc2)[C@@H](OCc2ccccc2)[C@H](OCc2ccccc2)[C@H]1OCc1ccccc1)C(F)(F)F. The molecule has 0 aliphatic heterocycles. The summed E-state index contributed by atoms with van der Waals surface area (Å²) in [6.07, 6.45) is -16.9. The predicted octanol–water partition coefficient (Wildman–Crippen LogP) is 6.44. The lowest BCUT2D eigenvalue weighted by molar-refractivity contribution is -0.233. The van der Waals surface area contributed by atoms with E-state index in [9.17, 15) is 35.9 Å². The highest BCUT2D eigenvalue weighted by Gasteiger charge is 2.57. The monoisotopic (exact) mass is 730 g/mol. The maximum absolute atomic E-state index is 13.9. The number of amides is 2. The number of benzene rings is 4. The molecule has 0 spiro atoms. The number of carbonyl (C=O) groups is 2. The Bertz CT molecular complexity index is 1570. The number of alkyl halides is 6. The van der Waals surface area contributed by atoms with Crippen molar-refractivity contribution in [2.24, 2.45) is 0 Å². The molecule has 1 saturated carbocycles. The lowest BCUT2D eigenvalue weighted by atomic mass is 9.80. The molecule has 0 radical (unpaired) electrons. The van der Waals surface area contributed by atoms with Gasteiger partial charge in [0, 0.05) is 0 Å². The van der Waals surface area contributed by atoms with Gasteiger partial charge in [0.25, 0.3) is 0 Å². The molecule has 0 unspecified atom stereocenters. The topological polar surface area (TPSA) is 95.1 Å². The highest BCUT2D eigenvalue weighted by molar-refractivity contribution is 5.83. The molecule has 0 saturated heterocycles. The Kier molecular flexibility index (Phi) is 13.1. The summed E-state index contributed by atoms with van der Waals surface area (Å²) in [7, 11) is 0. The Labute approximate surface area is 296 Å². The van der Waals surface area contributed by atoms with Crippen molar-refractivity contribution in [1.29, 1.82) is 0 Å². The fourth-order valence-corrected chi connectivity index (χ4v) is 5.84. The molecule has 14 heteroatoms. The van der Waals surface area contributed by atoms with Crippen molar-refractivity contribution in [1.82, 2.24) is 10.6 Å². The van der Waals surface area contributed by atoms with Crippen molar-refractivity contribution in [2.45, 2.75) is 75.3 Å². The van der Waals surface area contributed by atoms with Crippen molar-refractivity contribution in [3.63, 3.8) is 0 Å². The normalized spacial score (nSPS) is 22.0. The number of rotatable bonds is 14. The Hall–Kier alpha value is -4.76. The number of nitrogens with one attached hydrogen (secondary N) is 2. The van der Waals surface area contributed by atoms with Gasteiger partial charge in [-0.05, 0) is 22.3 Å². The fourth-order valence-electron chi connectivity index (χ4n) is 5.84. The lowest BCUT2D eigenvalue weighted by Gasteiger charge is -2.50. The van der Waals surface area contributed by atoms with E-state index in [-0.39, 0.29) is 26.4 Å². The zero-order valence-corrected chi connectivity index (χ0v) is 27.6. The molecule has 5 rings (SSSR count). The largest absolute Gasteiger partial charge is 0.471 e. The van der Waals surface area contributed by atoms with Crippen LogP contribution >= 0.6 is 0 Å². The molecular weight excluding hydrogens is 694 g/mol. The number of ether oxygens (including phenoxy) is 4. The van der Waals surface area contributed by atoms with E-state index in [1.54, 1.807) is 121 Å². The second-order valence-electron chi connectivity index (χ2n) is 12.0. The van der Waals surface area contributed by atoms with E-state index in [0.717, 1.165) is 0 Å². The van der Waals surface area contributed by atoms with Gasteiger partial charge in [-0.3, -0.25) is 9.59 Å². The van der Waals surface area contributed by atoms with Crippen LogP contribution in [0.5, 0.6) is 0 Å². The van der Waals surface area contributed by atoms with E-state index in [4.69, 9.17) is 18.9 Å². The maximum atomic E-state index is 13.9. The van der Waals surface area contributed by atoms with Crippen molar-refractivity contribution in [2.75, 3.05) is 0 Å². The third-order valence-corrected chi connectivity index (χ3v) is 8.32. The summed E-state index contributed by atoms with van der Waals surface area (Å²) in [4.78, 5) is 25.2. The van der Waals surface area contributed by atoms with E-state index in [0.29, 0.717) is 22.3 Å². The van der Waals surface area contributed by atoms with E-state index in [2.05, 4.69) is 0 Å². The average Bonchev–Trinajstić information content (AvgIpc) is 3.13. The molecule has 0 aromatic heterocycles. The van der Waals surface area contributed by atoms with Gasteiger partial charge in [0.15, 0.2) is 0 Å². The molecule has 0 bridgehead atoms. The molecule has 52 heavy (non-hydrogen) atoms. The summed E-state index contributed by atoms with van der Waals surface area (Å²) in [5.74, 6) is -4.94. The van der Waals surface area contributed by atoms with Gasteiger partial charge in [-0.15, -0.1) is 0 Å². The quantitative estimate of drug-likeness (QED) is 0.145. The molecule has 4 aromatic carbocycles. The first-order chi connectivity index (χ1) is 24.9. The molecule has 1 aliphatic rings. The van der Waals surface area contributed by atoms with Crippen LogP contribution < -0.4 is 10.6 Å². The Morgan fingerprint density at radius 3 is 0.885 bits per heavy atom. The van der Waals surface area contributed by atoms with Crippen LogP contribution in [0.1, 0.15) is 22.3 Å². The van der Waals surface area contributed by atoms with E-state index < -0.39 is 60.7 Å². The molecule has 1 fully saturated rings. The van der Waals surface area contributed by atoms with Crippen LogP contribution in [0.3, 0.4) is 0 Å². The molecule has 8 nitrogen and oxygen atoms in total. The standard InChI is InChI=1S/C38H36F6N2O6/c39-37(40,41)35(47)45-29-30(46-36(48)38(42,43)44)32(50-22-26-15-7-2-8-16-26)34(52-24-28-19-11-4-12-20-28)33(51-23-27-17-9-3-10-18-27)31(29)49-21-25-13-5-1-6-14-25/h1-20,29-34H,21-24H2,(H,45,47)(H,46,48)/t29-,30+,31-,32-,33+,34+/m0/s1. The van der Waals surface area contributed by atoms with Crippen LogP contribution in [0, 0.1) is 0 Å². The minimum atomic E-state index is -5.45. The highest BCUT2D eigenvalue weighted by atomic mass is 19.4. The van der Waals surface area contributed by atoms with Crippen LogP contribution in [-0.2, 0) is 55.0 Å². The molecule has 2 amide bonds. The van der Waals surface area contributed by atoms with Gasteiger partial charge in [0.2, 0.25) is 0 Å². The second-order valence-corrected chi connectivity index (χ2v) is 12.0. The molecule has 1 aliphatic carbocycles. The van der Waals surface area contributed by atoms with Crippen LogP contribution in [0.25, 0.3) is 0 Å². The van der Waals surface area contributed by atoms with E-state index in [1.807, 2.05) is 10.6 Å². The lowest BCUT2D eigenvalue weighted by Crippen LogP contribution is -2.75. The van der Waals surface area contributed by atoms with Gasteiger partial charge < -0.3 is 29.6 Å². The number of hydrogen-bond acceptors (Lipinski definition) is 6. The fraction of sp³-hybridized carbons (Fsp3) is 0.316. The maximum Gasteiger partial charge on any atom is 0.471 e. The summed E-state index contributed by atoms with van der Waals surface area (Å²) >= 11 is 0. The molecule has 276 valence electrons. The summed E-state index contributed by atoms with van der Waals surface area (Å²) in [5, 5.41) is 3.63. The first-order valence-electron chi connectivity index (χ1n) is 16.3. The zero-order valence-electron chi connectivity index (χ0n) is 27.6. The van der Waals surface area contributed by atoms with Crippen molar-refractivity contribution < 1.29 is 54.9 Å². The van der Waals surface area contributed by atoms with Crippen LogP contribution in [0.15, 0.2) is 121 Å². The van der Waals surface area contributed by atoms with Crippen molar-refractivity contribution >= 4 is 11.8 Å². The predicted molar refractivity (Wildman–Crippen MR) is 176 cm³/mol. The Morgan fingerprint density at radius 2 is 0.654 bits per heavy atom. The van der Waals surface area contributed by atoms with E-state index >= 15 is 0 Å². The summed E-state index contributed by atoms with van der Waals surface area (Å²) < 4.78 is 108. The Balaban J connectivity index is 1.64. The van der Waals surface area contributed by atoms with Gasteiger partial charge in [-0.25, -0.2) is 0 Å². The summed E-state index contributed by atoms with van der Waals surface area (Å²) in [5.41, 5.74) is 2.42. The molecular formula is C38H36F6N2O6. The number of carbonyl (C=O) groups excluding carboxylic acids is 2. The third-order valence-electron chi connectivity index (χ3n) is 8.32. The van der Waals surface area contributed by atoms with Crippen molar-refractivity contribution in [3.8, 4) is 0 Å². The first kappa shape index (κ1) is 38.5. The molecule has 6 atom stereocenters. The Morgan fingerprint density at radius 1 is 0.423 bits per heavy atom. The summed E-state index contributed by atoms with van der Waals surface area (Å²) in [6, 6.07) is 30.4. The third kappa shape index (κ3) is 10.6. The molecule has 0 heterocycles. The zero-order chi connectivity index (χ0) is 37.1. The van der Waals surface area contributed by atoms with Crippen LogP contribution in [0.2, 0.25) is 0 Å². The smallest absolute Gasteiger partial charge is 0.368 e. The minimum Gasteiger partial charge on any atom is -0.368 e. The number of halogens is 6. The van der Waals surface area contributed by atoms with Crippen LogP contribution in [0.4, 0.5) is 26.3 Å². The molecule has 4 aromatic rings. The first-order valence-corrected chi connectivity index (χ1v) is 16.3. The van der Waals surface area contributed by atoms with Crippen LogP contribution in [-0.4, -0.2) is 60.7 Å². The number of hydrogen-bond donors (Lipinski definition) is 2. The summed E-state index contributed by atoms with van der Waals surface area (Å²) in [6.45, 7) is -0.772. The van der Waals surface area contributed by atoms with Gasteiger partial charge in [-0.1, -0.05) is 121 Å². The van der Waals surface area contributed by atoms with Crippen molar-refractivity contribution in [3.05, 3.63) is 144 Å². The van der Waals surface area contributed by atoms with Gasteiger partial charge >= 0.3 is 24.2 Å². The molecule has 2 N–H and O–H groups in total. The van der Waals surface area contributed by atoms with E-state index in [1.165, 1.54) is 0 Å².